The number of aromatic nitrogens is 2. The number of rotatable bonds is 4. The molecule has 1 unspecified atom stereocenters. The molecule has 2 heterocycles. The lowest BCUT2D eigenvalue weighted by Crippen LogP contribution is -2.13. The third kappa shape index (κ3) is 3.08. The minimum Gasteiger partial charge on any atom is -0.373 e. The number of nitrogens with zero attached hydrogens (tertiary/aromatic N) is 2. The molecule has 0 aliphatic carbocycles. The number of pyridine rings is 2. The van der Waals surface area contributed by atoms with Gasteiger partial charge in [-0.1, -0.05) is 30.3 Å². The molecule has 3 rings (SSSR count). The average molecular weight is 275 g/mol. The summed E-state index contributed by atoms with van der Waals surface area (Å²) in [6, 6.07) is 16.6. The van der Waals surface area contributed by atoms with E-state index in [1.165, 1.54) is 16.7 Å². The van der Waals surface area contributed by atoms with Gasteiger partial charge >= 0.3 is 0 Å². The molecule has 0 fully saturated rings. The summed E-state index contributed by atoms with van der Waals surface area (Å²) in [7, 11) is 0. The molecule has 0 saturated carbocycles. The first-order valence-electron chi connectivity index (χ1n) is 6.96. The molecule has 3 heteroatoms. The maximum absolute atomic E-state index is 4.21. The Kier molecular flexibility index (Phi) is 3.92. The molecular weight excluding hydrogens is 258 g/mol. The summed E-state index contributed by atoms with van der Waals surface area (Å²) in [5, 5.41) is 3.59. The molecule has 0 aliphatic heterocycles. The van der Waals surface area contributed by atoms with Crippen molar-refractivity contribution < 1.29 is 0 Å². The van der Waals surface area contributed by atoms with Crippen LogP contribution >= 0.6 is 0 Å². The van der Waals surface area contributed by atoms with Crippen molar-refractivity contribution in [2.45, 2.75) is 13.0 Å². The van der Waals surface area contributed by atoms with Crippen LogP contribution in [-0.2, 0) is 0 Å². The second kappa shape index (κ2) is 6.18. The first-order chi connectivity index (χ1) is 10.3. The van der Waals surface area contributed by atoms with E-state index >= 15 is 0 Å². The van der Waals surface area contributed by atoms with Crippen LogP contribution in [0.5, 0.6) is 0 Å². The Morgan fingerprint density at radius 1 is 0.810 bits per heavy atom. The van der Waals surface area contributed by atoms with Gasteiger partial charge in [0.25, 0.3) is 0 Å². The molecule has 0 spiro atoms. The highest BCUT2D eigenvalue weighted by Gasteiger charge is 2.14. The van der Waals surface area contributed by atoms with E-state index in [-0.39, 0.29) is 6.04 Å². The highest BCUT2D eigenvalue weighted by atomic mass is 14.9. The molecule has 0 bridgehead atoms. The predicted molar refractivity (Wildman–Crippen MR) is 85.1 cm³/mol. The molecule has 3 nitrogen and oxygen atoms in total. The Bertz CT molecular complexity index is 656. The van der Waals surface area contributed by atoms with Crippen molar-refractivity contribution in [2.75, 3.05) is 5.32 Å². The molecule has 1 atom stereocenters. The van der Waals surface area contributed by atoms with E-state index < -0.39 is 0 Å². The number of aryl methyl sites for hydroxylation is 1. The van der Waals surface area contributed by atoms with Crippen molar-refractivity contribution in [3.05, 3.63) is 90.0 Å². The van der Waals surface area contributed by atoms with Crippen LogP contribution in [0.2, 0.25) is 0 Å². The van der Waals surface area contributed by atoms with E-state index in [4.69, 9.17) is 0 Å². The van der Waals surface area contributed by atoms with Crippen molar-refractivity contribution in [1.82, 2.24) is 9.97 Å². The zero-order valence-corrected chi connectivity index (χ0v) is 11.9. The molecule has 3 aromatic rings. The molecule has 2 aromatic heterocycles. The van der Waals surface area contributed by atoms with Crippen LogP contribution < -0.4 is 5.32 Å². The fourth-order valence-corrected chi connectivity index (χ4v) is 2.33. The maximum atomic E-state index is 4.21. The normalized spacial score (nSPS) is 11.9. The lowest BCUT2D eigenvalue weighted by atomic mass is 9.99. The minimum absolute atomic E-state index is 0.0806. The standard InChI is InChI=1S/C18H17N3/c1-14-7-10-20-13-17(14)21-18(15-5-3-2-4-6-15)16-8-11-19-12-9-16/h2-13,18,21H,1H3. The first kappa shape index (κ1) is 13.3. The largest absolute Gasteiger partial charge is 0.373 e. The zero-order valence-electron chi connectivity index (χ0n) is 11.9. The van der Waals surface area contributed by atoms with E-state index in [9.17, 15) is 0 Å². The first-order valence-corrected chi connectivity index (χ1v) is 6.96. The van der Waals surface area contributed by atoms with Crippen LogP contribution in [0.15, 0.2) is 73.3 Å². The Labute approximate surface area is 124 Å². The van der Waals surface area contributed by atoms with Gasteiger partial charge in [-0.2, -0.15) is 0 Å². The van der Waals surface area contributed by atoms with Gasteiger partial charge < -0.3 is 5.32 Å². The summed E-state index contributed by atoms with van der Waals surface area (Å²) in [5.41, 5.74) is 4.62. The van der Waals surface area contributed by atoms with Crippen LogP contribution in [0.3, 0.4) is 0 Å². The van der Waals surface area contributed by atoms with Crippen molar-refractivity contribution >= 4 is 5.69 Å². The third-order valence-electron chi connectivity index (χ3n) is 3.51. The SMILES string of the molecule is Cc1ccncc1NC(c1ccccc1)c1ccncc1. The second-order valence-corrected chi connectivity index (χ2v) is 4.96. The number of benzene rings is 1. The highest BCUT2D eigenvalue weighted by molar-refractivity contribution is 5.52. The van der Waals surface area contributed by atoms with E-state index in [1.54, 1.807) is 0 Å². The highest BCUT2D eigenvalue weighted by Crippen LogP contribution is 2.27. The van der Waals surface area contributed by atoms with Crippen molar-refractivity contribution in [3.8, 4) is 0 Å². The van der Waals surface area contributed by atoms with Gasteiger partial charge in [-0.05, 0) is 41.8 Å². The summed E-state index contributed by atoms with van der Waals surface area (Å²) >= 11 is 0. The van der Waals surface area contributed by atoms with Crippen molar-refractivity contribution in [3.63, 3.8) is 0 Å². The molecule has 0 amide bonds. The van der Waals surface area contributed by atoms with Gasteiger partial charge in [0.2, 0.25) is 0 Å². The topological polar surface area (TPSA) is 37.8 Å². The number of hydrogen-bond acceptors (Lipinski definition) is 3. The fraction of sp³-hybridized carbons (Fsp3) is 0.111. The van der Waals surface area contributed by atoms with Crippen molar-refractivity contribution in [2.24, 2.45) is 0 Å². The predicted octanol–water partition coefficient (Wildman–Crippen LogP) is 3.99. The molecule has 104 valence electrons. The molecule has 0 saturated heterocycles. The van der Waals surface area contributed by atoms with Gasteiger partial charge in [0.05, 0.1) is 17.9 Å². The number of hydrogen-bond donors (Lipinski definition) is 1. The van der Waals surface area contributed by atoms with E-state index in [1.807, 2.05) is 49.1 Å². The summed E-state index contributed by atoms with van der Waals surface area (Å²) in [5.74, 6) is 0. The monoisotopic (exact) mass is 275 g/mol. The molecule has 21 heavy (non-hydrogen) atoms. The Balaban J connectivity index is 1.99. The lowest BCUT2D eigenvalue weighted by molar-refractivity contribution is 0.928. The quantitative estimate of drug-likeness (QED) is 0.782. The van der Waals surface area contributed by atoms with Gasteiger partial charge in [-0.15, -0.1) is 0 Å². The number of anilines is 1. The summed E-state index contributed by atoms with van der Waals surface area (Å²) in [6.07, 6.45) is 7.32. The summed E-state index contributed by atoms with van der Waals surface area (Å²) in [6.45, 7) is 2.08. The molecular formula is C18H17N3. The molecule has 1 aromatic carbocycles. The zero-order chi connectivity index (χ0) is 14.5. The minimum atomic E-state index is 0.0806. The number of nitrogens with one attached hydrogen (secondary N) is 1. The van der Waals surface area contributed by atoms with Gasteiger partial charge in [0.15, 0.2) is 0 Å². The van der Waals surface area contributed by atoms with Crippen molar-refractivity contribution in [1.29, 1.82) is 0 Å². The summed E-state index contributed by atoms with van der Waals surface area (Å²) < 4.78 is 0. The molecule has 0 aliphatic rings. The smallest absolute Gasteiger partial charge is 0.0769 e. The van der Waals surface area contributed by atoms with Crippen LogP contribution in [0, 0.1) is 6.92 Å². The van der Waals surface area contributed by atoms with E-state index in [0.29, 0.717) is 0 Å². The van der Waals surface area contributed by atoms with Gasteiger partial charge in [0, 0.05) is 18.6 Å². The Hall–Kier alpha value is -2.68. The van der Waals surface area contributed by atoms with Gasteiger partial charge in [-0.3, -0.25) is 9.97 Å². The average Bonchev–Trinajstić information content (AvgIpc) is 2.56. The lowest BCUT2D eigenvalue weighted by Gasteiger charge is -2.21. The Morgan fingerprint density at radius 2 is 1.48 bits per heavy atom. The van der Waals surface area contributed by atoms with E-state index in [0.717, 1.165) is 5.69 Å². The van der Waals surface area contributed by atoms with Crippen LogP contribution in [0.25, 0.3) is 0 Å². The Morgan fingerprint density at radius 3 is 2.19 bits per heavy atom. The molecule has 0 radical (unpaired) electrons. The second-order valence-electron chi connectivity index (χ2n) is 4.96. The van der Waals surface area contributed by atoms with E-state index in [2.05, 4.69) is 46.5 Å². The third-order valence-corrected chi connectivity index (χ3v) is 3.51. The van der Waals surface area contributed by atoms with Crippen LogP contribution in [-0.4, -0.2) is 9.97 Å². The van der Waals surface area contributed by atoms with Gasteiger partial charge in [0.1, 0.15) is 0 Å². The van der Waals surface area contributed by atoms with Gasteiger partial charge in [-0.25, -0.2) is 0 Å². The van der Waals surface area contributed by atoms with Crippen LogP contribution in [0.4, 0.5) is 5.69 Å². The fourth-order valence-electron chi connectivity index (χ4n) is 2.33. The maximum Gasteiger partial charge on any atom is 0.0769 e. The van der Waals surface area contributed by atoms with Crippen LogP contribution in [0.1, 0.15) is 22.7 Å². The summed E-state index contributed by atoms with van der Waals surface area (Å²) in [4.78, 5) is 8.32. The molecule has 1 N–H and O–H groups in total.